The molecule has 1 amide bonds. The number of aromatic nitrogens is 3. The highest BCUT2D eigenvalue weighted by atomic mass is 16.6. The molecule has 1 fully saturated rings. The number of ether oxygens (including phenoxy) is 1. The molecule has 1 saturated heterocycles. The summed E-state index contributed by atoms with van der Waals surface area (Å²) in [7, 11) is 0. The minimum atomic E-state index is -0.471. The van der Waals surface area contributed by atoms with E-state index in [1.165, 1.54) is 0 Å². The first-order valence-corrected chi connectivity index (χ1v) is 9.05. The fraction of sp³-hybridized carbons (Fsp3) is 0.632. The first-order chi connectivity index (χ1) is 11.8. The molecule has 0 saturated carbocycles. The van der Waals surface area contributed by atoms with Crippen molar-refractivity contribution in [2.24, 2.45) is 0 Å². The van der Waals surface area contributed by atoms with Gasteiger partial charge in [-0.3, -0.25) is 4.98 Å². The van der Waals surface area contributed by atoms with Gasteiger partial charge in [-0.05, 0) is 53.9 Å². The van der Waals surface area contributed by atoms with E-state index in [-0.39, 0.29) is 12.1 Å². The van der Waals surface area contributed by atoms with Crippen LogP contribution in [0.5, 0.6) is 0 Å². The molecule has 6 heteroatoms. The normalized spacial score (nSPS) is 18.6. The van der Waals surface area contributed by atoms with E-state index in [1.807, 2.05) is 38.8 Å². The van der Waals surface area contributed by atoms with Crippen LogP contribution in [-0.4, -0.2) is 43.5 Å². The molecule has 2 aromatic heterocycles. The minimum absolute atomic E-state index is 0.139. The van der Waals surface area contributed by atoms with Gasteiger partial charge in [-0.25, -0.2) is 9.78 Å². The van der Waals surface area contributed by atoms with Crippen molar-refractivity contribution in [2.45, 2.75) is 71.9 Å². The van der Waals surface area contributed by atoms with Crippen molar-refractivity contribution in [3.63, 3.8) is 0 Å². The Kier molecular flexibility index (Phi) is 4.71. The van der Waals surface area contributed by atoms with Gasteiger partial charge in [0.05, 0.1) is 11.4 Å². The Bertz CT molecular complexity index is 776. The second-order valence-electron chi connectivity index (χ2n) is 7.88. The van der Waals surface area contributed by atoms with Crippen LogP contribution < -0.4 is 0 Å². The summed E-state index contributed by atoms with van der Waals surface area (Å²) in [4.78, 5) is 23.6. The number of imidazole rings is 1. The fourth-order valence-electron chi connectivity index (χ4n) is 3.46. The van der Waals surface area contributed by atoms with Gasteiger partial charge in [0, 0.05) is 37.1 Å². The molecule has 136 valence electrons. The van der Waals surface area contributed by atoms with Gasteiger partial charge < -0.3 is 14.0 Å². The van der Waals surface area contributed by atoms with Crippen molar-refractivity contribution in [3.05, 3.63) is 29.5 Å². The summed E-state index contributed by atoms with van der Waals surface area (Å²) in [5.74, 6) is 0. The number of hydrogen-bond acceptors (Lipinski definition) is 4. The molecule has 0 unspecified atom stereocenters. The molecular formula is C19H28N4O2. The monoisotopic (exact) mass is 344 g/mol. The van der Waals surface area contributed by atoms with Crippen LogP contribution in [0, 0.1) is 13.8 Å². The van der Waals surface area contributed by atoms with Crippen LogP contribution >= 0.6 is 0 Å². The Hall–Kier alpha value is -2.11. The Morgan fingerprint density at radius 1 is 1.32 bits per heavy atom. The van der Waals surface area contributed by atoms with E-state index in [1.54, 1.807) is 6.20 Å². The van der Waals surface area contributed by atoms with Crippen LogP contribution in [-0.2, 0) is 11.2 Å². The third-order valence-corrected chi connectivity index (χ3v) is 4.74. The number of rotatable bonds is 2. The quantitative estimate of drug-likeness (QED) is 0.834. The smallest absolute Gasteiger partial charge is 0.410 e. The van der Waals surface area contributed by atoms with E-state index in [4.69, 9.17) is 9.72 Å². The molecular weight excluding hydrogens is 316 g/mol. The predicted molar refractivity (Wildman–Crippen MR) is 96.7 cm³/mol. The molecule has 1 aliphatic rings. The van der Waals surface area contributed by atoms with Gasteiger partial charge in [-0.15, -0.1) is 0 Å². The first kappa shape index (κ1) is 17.7. The summed E-state index contributed by atoms with van der Waals surface area (Å²) in [6.45, 7) is 10.5. The molecule has 0 N–H and O–H groups in total. The molecule has 6 nitrogen and oxygen atoms in total. The maximum absolute atomic E-state index is 12.6. The van der Waals surface area contributed by atoms with E-state index in [2.05, 4.69) is 16.3 Å². The van der Waals surface area contributed by atoms with Crippen molar-refractivity contribution in [1.82, 2.24) is 19.3 Å². The number of nitrogens with zero attached hydrogens (tertiary/aromatic N) is 4. The largest absolute Gasteiger partial charge is 0.444 e. The number of likely N-dealkylation sites (tertiary alicyclic amines) is 1. The number of fused-ring (bicyclic) bond motifs is 1. The lowest BCUT2D eigenvalue weighted by molar-refractivity contribution is 0.00984. The molecule has 2 aromatic rings. The lowest BCUT2D eigenvalue weighted by atomic mass is 9.98. The van der Waals surface area contributed by atoms with Crippen molar-refractivity contribution >= 4 is 11.7 Å². The molecule has 1 atom stereocenters. The van der Waals surface area contributed by atoms with Gasteiger partial charge in [-0.1, -0.05) is 0 Å². The molecule has 0 aromatic carbocycles. The third kappa shape index (κ3) is 3.78. The van der Waals surface area contributed by atoms with Crippen LogP contribution in [0.3, 0.4) is 0 Å². The van der Waals surface area contributed by atoms with Crippen LogP contribution in [0.2, 0.25) is 0 Å². The zero-order valence-electron chi connectivity index (χ0n) is 15.9. The van der Waals surface area contributed by atoms with Gasteiger partial charge in [-0.2, -0.15) is 0 Å². The molecule has 25 heavy (non-hydrogen) atoms. The van der Waals surface area contributed by atoms with Crippen molar-refractivity contribution < 1.29 is 9.53 Å². The second kappa shape index (κ2) is 6.65. The number of amides is 1. The Morgan fingerprint density at radius 2 is 2.08 bits per heavy atom. The number of carbonyl (C=O) groups is 1. The highest BCUT2D eigenvalue weighted by molar-refractivity contribution is 5.68. The summed E-state index contributed by atoms with van der Waals surface area (Å²) in [6, 6.07) is 0.139. The molecule has 3 heterocycles. The molecule has 1 aliphatic heterocycles. The molecule has 3 rings (SSSR count). The number of aryl methyl sites for hydroxylation is 2. The predicted octanol–water partition coefficient (Wildman–Crippen LogP) is 3.68. The standard InChI is InChI=1S/C19H28N4O2/c1-13-17-21-16(14(2)22(17)11-9-20-13)12-15-8-6-7-10-23(15)18(24)25-19(3,4)5/h9,11,15H,6-8,10,12H2,1-5H3/t15-/m0/s1. The number of piperidine rings is 1. The summed E-state index contributed by atoms with van der Waals surface area (Å²) in [5, 5.41) is 0. The average molecular weight is 344 g/mol. The van der Waals surface area contributed by atoms with Gasteiger partial charge >= 0.3 is 6.09 Å². The van der Waals surface area contributed by atoms with E-state index in [0.29, 0.717) is 0 Å². The van der Waals surface area contributed by atoms with Crippen molar-refractivity contribution in [3.8, 4) is 0 Å². The van der Waals surface area contributed by atoms with E-state index in [0.717, 1.165) is 55.0 Å². The van der Waals surface area contributed by atoms with Gasteiger partial charge in [0.1, 0.15) is 5.60 Å². The topological polar surface area (TPSA) is 59.7 Å². The SMILES string of the molecule is Cc1nccn2c(C)c(C[C@@H]3CCCCN3C(=O)OC(C)(C)C)nc12. The highest BCUT2D eigenvalue weighted by Crippen LogP contribution is 2.25. The third-order valence-electron chi connectivity index (χ3n) is 4.74. The average Bonchev–Trinajstić information content (AvgIpc) is 2.84. The fourth-order valence-corrected chi connectivity index (χ4v) is 3.46. The van der Waals surface area contributed by atoms with Crippen molar-refractivity contribution in [2.75, 3.05) is 6.54 Å². The summed E-state index contributed by atoms with van der Waals surface area (Å²) in [6.07, 6.45) is 7.45. The maximum Gasteiger partial charge on any atom is 0.410 e. The van der Waals surface area contributed by atoms with Crippen LogP contribution in [0.4, 0.5) is 4.79 Å². The van der Waals surface area contributed by atoms with Gasteiger partial charge in [0.25, 0.3) is 0 Å². The van der Waals surface area contributed by atoms with E-state index in [9.17, 15) is 4.79 Å². The molecule has 0 bridgehead atoms. The van der Waals surface area contributed by atoms with Gasteiger partial charge in [0.2, 0.25) is 0 Å². The zero-order chi connectivity index (χ0) is 18.2. The lowest BCUT2D eigenvalue weighted by Gasteiger charge is -2.36. The summed E-state index contributed by atoms with van der Waals surface area (Å²) < 4.78 is 7.69. The highest BCUT2D eigenvalue weighted by Gasteiger charge is 2.31. The van der Waals surface area contributed by atoms with Crippen LogP contribution in [0.15, 0.2) is 12.4 Å². The molecule has 0 aliphatic carbocycles. The van der Waals surface area contributed by atoms with Gasteiger partial charge in [0.15, 0.2) is 5.65 Å². The number of carbonyl (C=O) groups excluding carboxylic acids is 1. The Morgan fingerprint density at radius 3 is 2.76 bits per heavy atom. The van der Waals surface area contributed by atoms with E-state index < -0.39 is 5.60 Å². The Balaban J connectivity index is 1.84. The zero-order valence-corrected chi connectivity index (χ0v) is 15.9. The summed E-state index contributed by atoms with van der Waals surface area (Å²) in [5.41, 5.74) is 3.51. The van der Waals surface area contributed by atoms with Crippen LogP contribution in [0.1, 0.15) is 57.1 Å². The Labute approximate surface area is 149 Å². The van der Waals surface area contributed by atoms with Crippen LogP contribution in [0.25, 0.3) is 5.65 Å². The first-order valence-electron chi connectivity index (χ1n) is 9.05. The molecule has 0 radical (unpaired) electrons. The number of hydrogen-bond donors (Lipinski definition) is 0. The summed E-state index contributed by atoms with van der Waals surface area (Å²) >= 11 is 0. The van der Waals surface area contributed by atoms with Crippen molar-refractivity contribution in [1.29, 1.82) is 0 Å². The van der Waals surface area contributed by atoms with E-state index >= 15 is 0 Å². The minimum Gasteiger partial charge on any atom is -0.444 e. The second-order valence-corrected chi connectivity index (χ2v) is 7.88. The lowest BCUT2D eigenvalue weighted by Crippen LogP contribution is -2.47. The molecule has 0 spiro atoms. The maximum atomic E-state index is 12.6.